The van der Waals surface area contributed by atoms with E-state index in [0.29, 0.717) is 5.69 Å². The molecular weight excluding hydrogens is 240 g/mol. The van der Waals surface area contributed by atoms with Crippen molar-refractivity contribution in [3.63, 3.8) is 0 Å². The Morgan fingerprint density at radius 2 is 1.63 bits per heavy atom. The Bertz CT molecular complexity index is 627. The lowest BCUT2D eigenvalue weighted by Crippen LogP contribution is -2.15. The second-order valence-corrected chi connectivity index (χ2v) is 4.46. The average Bonchev–Trinajstić information content (AvgIpc) is 2.71. The summed E-state index contributed by atoms with van der Waals surface area (Å²) in [5.41, 5.74) is 0.714. The van der Waals surface area contributed by atoms with Crippen LogP contribution in [0.25, 0.3) is 0 Å². The van der Waals surface area contributed by atoms with Crippen LogP contribution in [-0.4, -0.2) is 10.9 Å². The van der Waals surface area contributed by atoms with Gasteiger partial charge in [-0.1, -0.05) is 42.5 Å². The highest BCUT2D eigenvalue weighted by Gasteiger charge is 2.40. The number of aliphatic hydroxyl groups excluding tert-OH is 1. The zero-order chi connectivity index (χ0) is 13.2. The van der Waals surface area contributed by atoms with E-state index in [9.17, 15) is 9.90 Å². The first kappa shape index (κ1) is 11.6. The molecule has 2 atom stereocenters. The minimum atomic E-state index is -0.338. The normalized spacial score (nSPS) is 25.4. The van der Waals surface area contributed by atoms with E-state index < -0.39 is 0 Å². The molecule has 0 saturated heterocycles. The Balaban J connectivity index is 1.90. The smallest absolute Gasteiger partial charge is 0.194 e. The Kier molecular flexibility index (Phi) is 2.83. The van der Waals surface area contributed by atoms with Crippen LogP contribution in [0.4, 0.5) is 5.69 Å². The molecule has 94 valence electrons. The highest BCUT2D eigenvalue weighted by atomic mass is 16.3. The van der Waals surface area contributed by atoms with Crippen molar-refractivity contribution in [2.45, 2.75) is 0 Å². The van der Waals surface area contributed by atoms with Gasteiger partial charge in [-0.15, -0.1) is 5.11 Å². The van der Waals surface area contributed by atoms with Gasteiger partial charge in [0.2, 0.25) is 0 Å². The molecule has 0 unspecified atom stereocenters. The highest BCUT2D eigenvalue weighted by Crippen LogP contribution is 2.37. The third-order valence-corrected chi connectivity index (χ3v) is 3.25. The van der Waals surface area contributed by atoms with E-state index in [1.54, 1.807) is 18.2 Å². The summed E-state index contributed by atoms with van der Waals surface area (Å²) in [4.78, 5) is 12.1. The van der Waals surface area contributed by atoms with Crippen LogP contribution in [0.3, 0.4) is 0 Å². The van der Waals surface area contributed by atoms with Gasteiger partial charge in [-0.05, 0) is 12.1 Å². The number of rotatable bonds is 2. The molecule has 1 aromatic rings. The van der Waals surface area contributed by atoms with Crippen molar-refractivity contribution in [3.8, 4) is 0 Å². The third kappa shape index (κ3) is 2.01. The van der Waals surface area contributed by atoms with E-state index in [0.717, 1.165) is 0 Å². The molecular formula is C15H12N2O2. The Labute approximate surface area is 110 Å². The van der Waals surface area contributed by atoms with Gasteiger partial charge in [-0.25, -0.2) is 0 Å². The first-order valence-electron chi connectivity index (χ1n) is 6.06. The molecule has 0 amide bonds. The molecule has 1 aromatic carbocycles. The predicted molar refractivity (Wildman–Crippen MR) is 70.9 cm³/mol. The summed E-state index contributed by atoms with van der Waals surface area (Å²) in [6.45, 7) is 0. The maximum absolute atomic E-state index is 12.1. The van der Waals surface area contributed by atoms with E-state index in [-0.39, 0.29) is 29.1 Å². The lowest BCUT2D eigenvalue weighted by Gasteiger charge is -2.13. The monoisotopic (exact) mass is 252 g/mol. The van der Waals surface area contributed by atoms with Crippen LogP contribution in [-0.2, 0) is 4.79 Å². The van der Waals surface area contributed by atoms with Crippen molar-refractivity contribution in [1.29, 1.82) is 0 Å². The molecule has 4 nitrogen and oxygen atoms in total. The fraction of sp³-hybridized carbons (Fsp3) is 0.133. The van der Waals surface area contributed by atoms with Crippen LogP contribution in [0.5, 0.6) is 0 Å². The van der Waals surface area contributed by atoms with Crippen molar-refractivity contribution in [2.24, 2.45) is 22.1 Å². The average molecular weight is 252 g/mol. The van der Waals surface area contributed by atoms with E-state index in [2.05, 4.69) is 10.2 Å². The highest BCUT2D eigenvalue weighted by molar-refractivity contribution is 6.01. The summed E-state index contributed by atoms with van der Waals surface area (Å²) in [6, 6.07) is 9.12. The largest absolute Gasteiger partial charge is 0.509 e. The van der Waals surface area contributed by atoms with Crippen LogP contribution in [0, 0.1) is 11.8 Å². The number of ketones is 1. The number of fused-ring (bicyclic) bond motifs is 1. The molecule has 0 aliphatic heterocycles. The van der Waals surface area contributed by atoms with Gasteiger partial charge in [0, 0.05) is 0 Å². The number of hydrogen-bond donors (Lipinski definition) is 1. The molecule has 0 fully saturated rings. The van der Waals surface area contributed by atoms with Crippen molar-refractivity contribution in [2.75, 3.05) is 0 Å². The fourth-order valence-corrected chi connectivity index (χ4v) is 2.26. The predicted octanol–water partition coefficient (Wildman–Crippen LogP) is 3.48. The van der Waals surface area contributed by atoms with Crippen molar-refractivity contribution in [3.05, 3.63) is 66.1 Å². The molecule has 0 bridgehead atoms. The molecule has 19 heavy (non-hydrogen) atoms. The van der Waals surface area contributed by atoms with Gasteiger partial charge in [-0.3, -0.25) is 4.79 Å². The second kappa shape index (κ2) is 4.65. The van der Waals surface area contributed by atoms with E-state index in [1.807, 2.05) is 36.4 Å². The maximum atomic E-state index is 12.1. The van der Waals surface area contributed by atoms with Crippen molar-refractivity contribution < 1.29 is 9.90 Å². The fourth-order valence-electron chi connectivity index (χ4n) is 2.26. The zero-order valence-electron chi connectivity index (χ0n) is 10.1. The molecule has 1 N–H and O–H groups in total. The summed E-state index contributed by atoms with van der Waals surface area (Å²) in [5.74, 6) is -0.796. The molecule has 4 heteroatoms. The standard InChI is InChI=1S/C15H12N2O2/c18-14-11-8-4-5-9-12(11)15(19)13(14)17-16-10-6-2-1-3-7-10/h1-9,11-12,18H/t11-,12-/m1/s1. The molecule has 0 radical (unpaired) electrons. The molecule has 2 aliphatic carbocycles. The third-order valence-electron chi connectivity index (χ3n) is 3.25. The number of nitrogens with zero attached hydrogens (tertiary/aromatic N) is 2. The number of carbonyl (C=O) groups is 1. The number of allylic oxidation sites excluding steroid dienone is 5. The number of carbonyl (C=O) groups excluding carboxylic acids is 1. The number of benzene rings is 1. The minimum Gasteiger partial charge on any atom is -0.509 e. The quantitative estimate of drug-likeness (QED) is 0.819. The maximum Gasteiger partial charge on any atom is 0.194 e. The van der Waals surface area contributed by atoms with E-state index in [1.165, 1.54) is 0 Å². The Hall–Kier alpha value is -2.49. The summed E-state index contributed by atoms with van der Waals surface area (Å²) in [6.07, 6.45) is 7.22. The topological polar surface area (TPSA) is 62.0 Å². The van der Waals surface area contributed by atoms with Gasteiger partial charge in [-0.2, -0.15) is 5.11 Å². The molecule has 2 aliphatic rings. The van der Waals surface area contributed by atoms with Crippen LogP contribution >= 0.6 is 0 Å². The van der Waals surface area contributed by atoms with Gasteiger partial charge < -0.3 is 5.11 Å². The number of aliphatic hydroxyl groups is 1. The summed E-state index contributed by atoms with van der Waals surface area (Å²) >= 11 is 0. The Morgan fingerprint density at radius 3 is 2.32 bits per heavy atom. The number of hydrogen-bond acceptors (Lipinski definition) is 4. The SMILES string of the molecule is O=C1C(N=Nc2ccccc2)=C(O)[C@@H]2C=CC=C[C@@H]12. The van der Waals surface area contributed by atoms with Gasteiger partial charge in [0.1, 0.15) is 5.76 Å². The molecule has 0 aromatic heterocycles. The number of Topliss-reactive ketones (excluding diaryl/α,β-unsaturated/α-hetero) is 1. The zero-order valence-corrected chi connectivity index (χ0v) is 10.1. The van der Waals surface area contributed by atoms with Crippen molar-refractivity contribution >= 4 is 11.5 Å². The molecule has 3 rings (SSSR count). The summed E-state index contributed by atoms with van der Waals surface area (Å²) in [5, 5.41) is 18.0. The van der Waals surface area contributed by atoms with Crippen LogP contribution in [0.2, 0.25) is 0 Å². The minimum absolute atomic E-state index is 0.00952. The lowest BCUT2D eigenvalue weighted by atomic mass is 9.90. The first-order valence-corrected chi connectivity index (χ1v) is 6.06. The molecule has 0 heterocycles. The van der Waals surface area contributed by atoms with Gasteiger partial charge in [0.05, 0.1) is 17.5 Å². The van der Waals surface area contributed by atoms with E-state index in [4.69, 9.17) is 0 Å². The van der Waals surface area contributed by atoms with Gasteiger partial charge in [0.25, 0.3) is 0 Å². The Morgan fingerprint density at radius 1 is 0.947 bits per heavy atom. The van der Waals surface area contributed by atoms with E-state index >= 15 is 0 Å². The first-order chi connectivity index (χ1) is 9.27. The van der Waals surface area contributed by atoms with Crippen LogP contribution in [0.1, 0.15) is 0 Å². The lowest BCUT2D eigenvalue weighted by molar-refractivity contribution is -0.117. The van der Waals surface area contributed by atoms with Crippen LogP contribution in [0.15, 0.2) is 76.3 Å². The van der Waals surface area contributed by atoms with Crippen LogP contribution < -0.4 is 0 Å². The summed E-state index contributed by atoms with van der Waals surface area (Å²) < 4.78 is 0. The molecule has 0 saturated carbocycles. The molecule has 0 spiro atoms. The van der Waals surface area contributed by atoms with Crippen molar-refractivity contribution in [1.82, 2.24) is 0 Å². The number of azo groups is 1. The second-order valence-electron chi connectivity index (χ2n) is 4.46. The van der Waals surface area contributed by atoms with Gasteiger partial charge in [0.15, 0.2) is 11.5 Å². The van der Waals surface area contributed by atoms with Gasteiger partial charge >= 0.3 is 0 Å². The summed E-state index contributed by atoms with van der Waals surface area (Å²) in [7, 11) is 0.